The molecule has 0 radical (unpaired) electrons. The molecule has 1 saturated carbocycles. The van der Waals surface area contributed by atoms with E-state index in [2.05, 4.69) is 15.9 Å². The van der Waals surface area contributed by atoms with Gasteiger partial charge >= 0.3 is 0 Å². The molecule has 6 atom stereocenters. The molecule has 0 unspecified atom stereocenters. The van der Waals surface area contributed by atoms with Gasteiger partial charge in [0.15, 0.2) is 11.5 Å². The molecule has 2 aliphatic heterocycles. The molecular formula is C32H31BrClFN2O6. The van der Waals surface area contributed by atoms with Crippen LogP contribution in [0.15, 0.2) is 46.5 Å². The van der Waals surface area contributed by atoms with Crippen LogP contribution in [0.2, 0.25) is 5.02 Å². The minimum Gasteiger partial charge on any atom is -0.504 e. The SMILES string of the molecule is COc1cc(Br)cc([C@H]2C3=CC[C@@H]4C(=O)N(C(C)(C)C)C(=O)[C@@H]4[C@@H]3C[C@H]3C(=O)N(c4ccc(F)c(Cl)c4)C(=O)[C@@]23C)c1O. The summed E-state index contributed by atoms with van der Waals surface area (Å²) in [6.45, 7) is 7.14. The zero-order valence-corrected chi connectivity index (χ0v) is 26.6. The first kappa shape index (κ1) is 29.8. The van der Waals surface area contributed by atoms with Crippen LogP contribution in [0.5, 0.6) is 11.5 Å². The Bertz CT molecular complexity index is 1650. The van der Waals surface area contributed by atoms with Gasteiger partial charge in [0.05, 0.1) is 41.0 Å². The molecule has 8 nitrogen and oxygen atoms in total. The fourth-order valence-electron chi connectivity index (χ4n) is 7.86. The number of phenolic OH excluding ortho intramolecular Hbond substituents is 1. The summed E-state index contributed by atoms with van der Waals surface area (Å²) in [5, 5.41) is 11.2. The van der Waals surface area contributed by atoms with E-state index in [0.29, 0.717) is 10.0 Å². The van der Waals surface area contributed by atoms with Crippen molar-refractivity contribution in [3.8, 4) is 11.5 Å². The lowest BCUT2D eigenvalue weighted by Crippen LogP contribution is -2.49. The van der Waals surface area contributed by atoms with Crippen LogP contribution in [-0.4, -0.2) is 46.3 Å². The Morgan fingerprint density at radius 3 is 2.40 bits per heavy atom. The fraction of sp³-hybridized carbons (Fsp3) is 0.438. The molecule has 226 valence electrons. The number of allylic oxidation sites excluding steroid dienone is 2. The lowest BCUT2D eigenvalue weighted by molar-refractivity contribution is -0.145. The van der Waals surface area contributed by atoms with Crippen LogP contribution in [0, 0.1) is 34.9 Å². The molecule has 11 heteroatoms. The average molecular weight is 674 g/mol. The van der Waals surface area contributed by atoms with E-state index in [1.54, 1.807) is 19.1 Å². The molecule has 0 spiro atoms. The first-order chi connectivity index (χ1) is 20.1. The summed E-state index contributed by atoms with van der Waals surface area (Å²) in [6, 6.07) is 6.96. The molecule has 3 fully saturated rings. The number of phenols is 1. The van der Waals surface area contributed by atoms with E-state index in [1.165, 1.54) is 24.1 Å². The number of nitrogens with zero attached hydrogens (tertiary/aromatic N) is 2. The quantitative estimate of drug-likeness (QED) is 0.318. The predicted octanol–water partition coefficient (Wildman–Crippen LogP) is 5.99. The van der Waals surface area contributed by atoms with E-state index >= 15 is 0 Å². The van der Waals surface area contributed by atoms with Crippen LogP contribution < -0.4 is 9.64 Å². The lowest BCUT2D eigenvalue weighted by atomic mass is 9.51. The zero-order valence-electron chi connectivity index (χ0n) is 24.3. The van der Waals surface area contributed by atoms with E-state index in [1.807, 2.05) is 26.8 Å². The normalized spacial score (nSPS) is 30.3. The highest BCUT2D eigenvalue weighted by atomic mass is 79.9. The summed E-state index contributed by atoms with van der Waals surface area (Å²) in [5.41, 5.74) is -0.911. The molecule has 6 rings (SSSR count). The maximum absolute atomic E-state index is 14.5. The number of hydrogen-bond acceptors (Lipinski definition) is 6. The summed E-state index contributed by atoms with van der Waals surface area (Å²) in [4.78, 5) is 58.6. The molecule has 1 N–H and O–H groups in total. The molecule has 2 saturated heterocycles. The minimum atomic E-state index is -1.40. The van der Waals surface area contributed by atoms with Crippen LogP contribution in [0.4, 0.5) is 10.1 Å². The van der Waals surface area contributed by atoms with Gasteiger partial charge in [-0.2, -0.15) is 0 Å². The van der Waals surface area contributed by atoms with Crippen LogP contribution in [0.3, 0.4) is 0 Å². The summed E-state index contributed by atoms with van der Waals surface area (Å²) >= 11 is 9.54. The molecule has 0 bridgehead atoms. The number of anilines is 1. The standard InChI is InChI=1S/C32H31BrClFN2O6/c1-31(2,3)37-27(39)17-8-7-16-18(24(17)29(37)41)13-20-28(40)36(15-6-9-22(35)21(34)12-15)30(42)32(20,4)25(16)19-10-14(33)11-23(43-5)26(19)38/h6-7,9-12,17-18,20,24-25,38H,8,13H2,1-5H3/t17-,18+,20-,24-,25+,32+/m0/s1. The minimum absolute atomic E-state index is 0.132. The molecule has 2 heterocycles. The molecule has 4 aliphatic rings. The van der Waals surface area contributed by atoms with Gasteiger partial charge in [0.1, 0.15) is 5.82 Å². The van der Waals surface area contributed by atoms with Gasteiger partial charge in [-0.1, -0.05) is 39.2 Å². The van der Waals surface area contributed by atoms with Crippen LogP contribution in [-0.2, 0) is 19.2 Å². The second-order valence-corrected chi connectivity index (χ2v) is 14.3. The summed E-state index contributed by atoms with van der Waals surface area (Å²) in [7, 11) is 1.41. The number of carbonyl (C=O) groups excluding carboxylic acids is 4. The summed E-state index contributed by atoms with van der Waals surface area (Å²) in [5.74, 6) is -5.87. The smallest absolute Gasteiger partial charge is 0.241 e. The number of ether oxygens (including phenoxy) is 1. The Morgan fingerprint density at radius 1 is 1.07 bits per heavy atom. The lowest BCUT2D eigenvalue weighted by Gasteiger charge is -2.49. The van der Waals surface area contributed by atoms with Crippen molar-refractivity contribution in [2.45, 2.75) is 52.0 Å². The Morgan fingerprint density at radius 2 is 1.77 bits per heavy atom. The van der Waals surface area contributed by atoms with Gasteiger partial charge in [-0.05, 0) is 76.8 Å². The maximum Gasteiger partial charge on any atom is 0.241 e. The van der Waals surface area contributed by atoms with Gasteiger partial charge < -0.3 is 9.84 Å². The molecule has 2 aliphatic carbocycles. The molecular weight excluding hydrogens is 643 g/mol. The number of likely N-dealkylation sites (tertiary alicyclic amines) is 1. The first-order valence-electron chi connectivity index (χ1n) is 14.1. The average Bonchev–Trinajstić information content (AvgIpc) is 3.31. The number of hydrogen-bond donors (Lipinski definition) is 1. The number of aromatic hydroxyl groups is 1. The second kappa shape index (κ2) is 9.89. The number of fused-ring (bicyclic) bond motifs is 4. The first-order valence-corrected chi connectivity index (χ1v) is 15.3. The van der Waals surface area contributed by atoms with E-state index in [0.717, 1.165) is 16.5 Å². The topological polar surface area (TPSA) is 104 Å². The maximum atomic E-state index is 14.5. The Labute approximate surface area is 261 Å². The highest BCUT2D eigenvalue weighted by Gasteiger charge is 2.68. The van der Waals surface area contributed by atoms with E-state index < -0.39 is 58.2 Å². The number of benzene rings is 2. The largest absolute Gasteiger partial charge is 0.504 e. The van der Waals surface area contributed by atoms with Gasteiger partial charge in [0.2, 0.25) is 23.6 Å². The third-order valence-electron chi connectivity index (χ3n) is 9.71. The molecule has 2 aromatic rings. The Balaban J connectivity index is 1.57. The van der Waals surface area contributed by atoms with Crippen molar-refractivity contribution >= 4 is 56.8 Å². The summed E-state index contributed by atoms with van der Waals surface area (Å²) in [6.07, 6.45) is 2.35. The number of imide groups is 2. The van der Waals surface area contributed by atoms with E-state index in [-0.39, 0.29) is 46.9 Å². The number of carbonyl (C=O) groups is 4. The van der Waals surface area contributed by atoms with E-state index in [4.69, 9.17) is 16.3 Å². The molecule has 2 aromatic carbocycles. The number of rotatable bonds is 3. The fourth-order valence-corrected chi connectivity index (χ4v) is 8.49. The monoisotopic (exact) mass is 672 g/mol. The summed E-state index contributed by atoms with van der Waals surface area (Å²) < 4.78 is 20.1. The van der Waals surface area contributed by atoms with Gasteiger partial charge in [0.25, 0.3) is 0 Å². The second-order valence-electron chi connectivity index (χ2n) is 13.0. The van der Waals surface area contributed by atoms with Crippen molar-refractivity contribution in [3.63, 3.8) is 0 Å². The van der Waals surface area contributed by atoms with Crippen molar-refractivity contribution in [2.24, 2.45) is 29.1 Å². The van der Waals surface area contributed by atoms with Gasteiger partial charge in [-0.3, -0.25) is 24.1 Å². The van der Waals surface area contributed by atoms with Crippen LogP contribution in [0.1, 0.15) is 52.0 Å². The van der Waals surface area contributed by atoms with E-state index in [9.17, 15) is 28.7 Å². The third kappa shape index (κ3) is 4.12. The van der Waals surface area contributed by atoms with Crippen LogP contribution in [0.25, 0.3) is 0 Å². The zero-order chi connectivity index (χ0) is 31.3. The van der Waals surface area contributed by atoms with Crippen molar-refractivity contribution in [1.82, 2.24) is 4.90 Å². The van der Waals surface area contributed by atoms with Crippen molar-refractivity contribution < 1.29 is 33.4 Å². The third-order valence-corrected chi connectivity index (χ3v) is 10.5. The van der Waals surface area contributed by atoms with Crippen LogP contribution >= 0.6 is 27.5 Å². The van der Waals surface area contributed by atoms with Gasteiger partial charge in [-0.15, -0.1) is 0 Å². The van der Waals surface area contributed by atoms with Crippen molar-refractivity contribution in [1.29, 1.82) is 0 Å². The van der Waals surface area contributed by atoms with Gasteiger partial charge in [-0.25, -0.2) is 9.29 Å². The number of amides is 4. The van der Waals surface area contributed by atoms with Crippen molar-refractivity contribution in [3.05, 3.63) is 62.9 Å². The highest BCUT2D eigenvalue weighted by Crippen LogP contribution is 2.65. The van der Waals surface area contributed by atoms with Gasteiger partial charge in [0, 0.05) is 21.5 Å². The van der Waals surface area contributed by atoms with Crippen molar-refractivity contribution in [2.75, 3.05) is 12.0 Å². The molecule has 43 heavy (non-hydrogen) atoms. The highest BCUT2D eigenvalue weighted by molar-refractivity contribution is 9.10. The Hall–Kier alpha value is -3.24. The predicted molar refractivity (Wildman–Crippen MR) is 160 cm³/mol. The molecule has 0 aromatic heterocycles. The molecule has 4 amide bonds. The number of methoxy groups -OCH3 is 1. The number of halogens is 3. The Kier molecular flexibility index (Phi) is 6.86.